The number of fused-ring (bicyclic) bond motifs is 1. The molecule has 2 heterocycles. The lowest BCUT2D eigenvalue weighted by Gasteiger charge is -2.00. The Morgan fingerprint density at radius 2 is 2.24 bits per heavy atom. The maximum atomic E-state index is 11.9. The van der Waals surface area contributed by atoms with Crippen LogP contribution in [0.4, 0.5) is 0 Å². The van der Waals surface area contributed by atoms with Gasteiger partial charge in [0, 0.05) is 29.4 Å². The van der Waals surface area contributed by atoms with Crippen LogP contribution in [0.1, 0.15) is 16.9 Å². The van der Waals surface area contributed by atoms with E-state index in [1.807, 2.05) is 30.3 Å². The van der Waals surface area contributed by atoms with Crippen LogP contribution in [-0.2, 0) is 0 Å². The molecule has 3 N–H and O–H groups in total. The monoisotopic (exact) mass is 301 g/mol. The number of amides is 1. The first-order chi connectivity index (χ1) is 10.3. The molecule has 0 aliphatic rings. The number of hydrogen-bond acceptors (Lipinski definition) is 4. The average molecular weight is 301 g/mol. The molecule has 0 radical (unpaired) electrons. The molecule has 0 bridgehead atoms. The predicted octanol–water partition coefficient (Wildman–Crippen LogP) is 2.40. The zero-order valence-electron chi connectivity index (χ0n) is 11.3. The van der Waals surface area contributed by atoms with Crippen molar-refractivity contribution in [3.05, 3.63) is 41.4 Å². The molecule has 21 heavy (non-hydrogen) atoms. The van der Waals surface area contributed by atoms with E-state index in [1.54, 1.807) is 5.38 Å². The number of nitrogens with zero attached hydrogens (tertiary/aromatic N) is 1. The fourth-order valence-corrected chi connectivity index (χ4v) is 2.83. The lowest BCUT2D eigenvalue weighted by Crippen LogP contribution is -2.25. The van der Waals surface area contributed by atoms with Gasteiger partial charge in [0.05, 0.1) is 5.69 Å². The van der Waals surface area contributed by atoms with Gasteiger partial charge in [-0.2, -0.15) is 0 Å². The number of hydrogen-bond donors (Lipinski definition) is 3. The number of aliphatic hydroxyl groups excluding tert-OH is 1. The molecule has 0 atom stereocenters. The van der Waals surface area contributed by atoms with Crippen LogP contribution >= 0.6 is 11.3 Å². The Bertz CT molecular complexity index is 730. The van der Waals surface area contributed by atoms with Gasteiger partial charge in [0.1, 0.15) is 10.7 Å². The van der Waals surface area contributed by atoms with E-state index in [0.29, 0.717) is 18.7 Å². The number of benzene rings is 1. The summed E-state index contributed by atoms with van der Waals surface area (Å²) in [6.07, 6.45) is 0.546. The zero-order valence-corrected chi connectivity index (χ0v) is 12.1. The quantitative estimate of drug-likeness (QED) is 0.633. The third kappa shape index (κ3) is 2.96. The standard InChI is InChI=1S/C15H15N3O2S/c19-7-3-6-16-14(20)13-9-21-15(18-13)12-8-10-4-1-2-5-11(10)17-12/h1-2,4-5,8-9,17,19H,3,6-7H2,(H,16,20). The van der Waals surface area contributed by atoms with Gasteiger partial charge in [0.2, 0.25) is 0 Å². The molecular formula is C15H15N3O2S. The second-order valence-electron chi connectivity index (χ2n) is 4.64. The number of thiazole rings is 1. The third-order valence-electron chi connectivity index (χ3n) is 3.12. The van der Waals surface area contributed by atoms with Gasteiger partial charge in [-0.05, 0) is 18.6 Å². The normalized spacial score (nSPS) is 10.9. The number of para-hydroxylation sites is 1. The molecule has 2 aromatic heterocycles. The Morgan fingerprint density at radius 3 is 3.05 bits per heavy atom. The number of carbonyl (C=O) groups is 1. The van der Waals surface area contributed by atoms with Gasteiger partial charge in [-0.25, -0.2) is 4.98 Å². The van der Waals surface area contributed by atoms with E-state index in [4.69, 9.17) is 5.11 Å². The molecule has 3 rings (SSSR count). The molecule has 1 aromatic carbocycles. The van der Waals surface area contributed by atoms with Gasteiger partial charge in [-0.1, -0.05) is 18.2 Å². The fourth-order valence-electron chi connectivity index (χ4n) is 2.06. The average Bonchev–Trinajstić information content (AvgIpc) is 3.13. The van der Waals surface area contributed by atoms with E-state index in [-0.39, 0.29) is 12.5 Å². The molecule has 0 unspecified atom stereocenters. The van der Waals surface area contributed by atoms with Crippen molar-refractivity contribution in [2.24, 2.45) is 0 Å². The first-order valence-electron chi connectivity index (χ1n) is 6.70. The van der Waals surface area contributed by atoms with Crippen LogP contribution in [-0.4, -0.2) is 34.1 Å². The van der Waals surface area contributed by atoms with E-state index in [9.17, 15) is 4.79 Å². The number of nitrogens with one attached hydrogen (secondary N) is 2. The van der Waals surface area contributed by atoms with Crippen LogP contribution < -0.4 is 5.32 Å². The summed E-state index contributed by atoms with van der Waals surface area (Å²) >= 11 is 1.43. The lowest BCUT2D eigenvalue weighted by molar-refractivity contribution is 0.0947. The molecule has 0 fully saturated rings. The molecule has 0 spiro atoms. The summed E-state index contributed by atoms with van der Waals surface area (Å²) in [5, 5.41) is 15.1. The Morgan fingerprint density at radius 1 is 1.38 bits per heavy atom. The van der Waals surface area contributed by atoms with Gasteiger partial charge >= 0.3 is 0 Å². The Hall–Kier alpha value is -2.18. The van der Waals surface area contributed by atoms with E-state index in [2.05, 4.69) is 15.3 Å². The third-order valence-corrected chi connectivity index (χ3v) is 3.99. The topological polar surface area (TPSA) is 78.0 Å². The maximum absolute atomic E-state index is 11.9. The molecule has 3 aromatic rings. The van der Waals surface area contributed by atoms with E-state index < -0.39 is 0 Å². The Labute approximate surface area is 125 Å². The van der Waals surface area contributed by atoms with Crippen molar-refractivity contribution in [2.75, 3.05) is 13.2 Å². The van der Waals surface area contributed by atoms with Gasteiger partial charge in [-0.15, -0.1) is 11.3 Å². The summed E-state index contributed by atoms with van der Waals surface area (Å²) in [5.41, 5.74) is 2.37. The van der Waals surface area contributed by atoms with Crippen LogP contribution in [0.2, 0.25) is 0 Å². The number of H-pyrrole nitrogens is 1. The number of carbonyl (C=O) groups excluding carboxylic acids is 1. The first kappa shape index (κ1) is 13.8. The summed E-state index contributed by atoms with van der Waals surface area (Å²) in [7, 11) is 0. The largest absolute Gasteiger partial charge is 0.396 e. The molecule has 0 saturated carbocycles. The minimum absolute atomic E-state index is 0.0671. The van der Waals surface area contributed by atoms with Crippen molar-refractivity contribution in [3.63, 3.8) is 0 Å². The van der Waals surface area contributed by atoms with Crippen molar-refractivity contribution in [1.82, 2.24) is 15.3 Å². The van der Waals surface area contributed by atoms with Crippen LogP contribution in [0.5, 0.6) is 0 Å². The molecule has 0 aliphatic carbocycles. The summed E-state index contributed by atoms with van der Waals surface area (Å²) in [6.45, 7) is 0.520. The SMILES string of the molecule is O=C(NCCCO)c1csc(-c2cc3ccccc3[nH]2)n1. The number of aromatic nitrogens is 2. The molecular weight excluding hydrogens is 286 g/mol. The Kier molecular flexibility index (Phi) is 3.98. The second kappa shape index (κ2) is 6.07. The maximum Gasteiger partial charge on any atom is 0.270 e. The lowest BCUT2D eigenvalue weighted by atomic mass is 10.2. The minimum atomic E-state index is -0.206. The second-order valence-corrected chi connectivity index (χ2v) is 5.50. The highest BCUT2D eigenvalue weighted by atomic mass is 32.1. The Balaban J connectivity index is 1.79. The molecule has 0 aliphatic heterocycles. The van der Waals surface area contributed by atoms with Crippen molar-refractivity contribution in [3.8, 4) is 10.7 Å². The van der Waals surface area contributed by atoms with E-state index in [1.165, 1.54) is 11.3 Å². The highest BCUT2D eigenvalue weighted by molar-refractivity contribution is 7.13. The summed E-state index contributed by atoms with van der Waals surface area (Å²) in [5.74, 6) is -0.206. The smallest absolute Gasteiger partial charge is 0.270 e. The highest BCUT2D eigenvalue weighted by Crippen LogP contribution is 2.26. The van der Waals surface area contributed by atoms with Gasteiger partial charge in [0.25, 0.3) is 5.91 Å². The van der Waals surface area contributed by atoms with Crippen molar-refractivity contribution in [1.29, 1.82) is 0 Å². The van der Waals surface area contributed by atoms with Crippen molar-refractivity contribution in [2.45, 2.75) is 6.42 Å². The number of aromatic amines is 1. The molecule has 5 nitrogen and oxygen atoms in total. The fraction of sp³-hybridized carbons (Fsp3) is 0.200. The molecule has 1 amide bonds. The summed E-state index contributed by atoms with van der Waals surface area (Å²) < 4.78 is 0. The summed E-state index contributed by atoms with van der Waals surface area (Å²) in [4.78, 5) is 19.5. The van der Waals surface area contributed by atoms with E-state index in [0.717, 1.165) is 21.6 Å². The number of aliphatic hydroxyl groups is 1. The van der Waals surface area contributed by atoms with Crippen LogP contribution in [0, 0.1) is 0 Å². The minimum Gasteiger partial charge on any atom is -0.396 e. The van der Waals surface area contributed by atoms with Gasteiger partial charge in [-0.3, -0.25) is 4.79 Å². The molecule has 6 heteroatoms. The van der Waals surface area contributed by atoms with Crippen LogP contribution in [0.15, 0.2) is 35.7 Å². The number of rotatable bonds is 5. The molecule has 0 saturated heterocycles. The van der Waals surface area contributed by atoms with Crippen molar-refractivity contribution >= 4 is 28.1 Å². The summed E-state index contributed by atoms with van der Waals surface area (Å²) in [6, 6.07) is 10.0. The van der Waals surface area contributed by atoms with Crippen LogP contribution in [0.25, 0.3) is 21.6 Å². The van der Waals surface area contributed by atoms with Crippen LogP contribution in [0.3, 0.4) is 0 Å². The molecule has 108 valence electrons. The van der Waals surface area contributed by atoms with E-state index >= 15 is 0 Å². The van der Waals surface area contributed by atoms with Gasteiger partial charge < -0.3 is 15.4 Å². The van der Waals surface area contributed by atoms with Crippen molar-refractivity contribution < 1.29 is 9.90 Å². The first-order valence-corrected chi connectivity index (χ1v) is 7.58. The zero-order chi connectivity index (χ0) is 14.7. The highest BCUT2D eigenvalue weighted by Gasteiger charge is 2.12. The predicted molar refractivity (Wildman–Crippen MR) is 83.4 cm³/mol. The van der Waals surface area contributed by atoms with Gasteiger partial charge in [0.15, 0.2) is 0 Å².